The molecule has 0 spiro atoms. The highest BCUT2D eigenvalue weighted by Gasteiger charge is 2.32. The molecule has 3 aromatic rings. The predicted octanol–water partition coefficient (Wildman–Crippen LogP) is 5.29. The summed E-state index contributed by atoms with van der Waals surface area (Å²) < 4.78 is 37.4. The number of rotatable bonds is 13. The summed E-state index contributed by atoms with van der Waals surface area (Å²) in [5, 5.41) is 20.0. The lowest BCUT2D eigenvalue weighted by Crippen LogP contribution is -2.45. The van der Waals surface area contributed by atoms with Gasteiger partial charge >= 0.3 is 12.0 Å². The number of allylic oxidation sites excluding steroid dienone is 1. The Balaban J connectivity index is 1.42. The minimum Gasteiger partial charge on any atom is -0.490 e. The van der Waals surface area contributed by atoms with Crippen LogP contribution in [0.25, 0.3) is 0 Å². The monoisotopic (exact) mass is 796 g/mol. The molecule has 2 amide bonds. The van der Waals surface area contributed by atoms with Gasteiger partial charge in [-0.15, -0.1) is 0 Å². The fraction of sp³-hybridized carbons (Fsp3) is 0.258. The number of aliphatic hydroxyl groups excluding tert-OH is 1. The summed E-state index contributed by atoms with van der Waals surface area (Å²) in [5.41, 5.74) is 5.29. The van der Waals surface area contributed by atoms with Gasteiger partial charge in [0.25, 0.3) is 0 Å². The van der Waals surface area contributed by atoms with E-state index in [1.54, 1.807) is 44.2 Å². The molecule has 1 heterocycles. The summed E-state index contributed by atoms with van der Waals surface area (Å²) in [4.78, 5) is 24.6. The molecule has 0 saturated heterocycles. The van der Waals surface area contributed by atoms with Crippen LogP contribution in [0.3, 0.4) is 0 Å². The van der Waals surface area contributed by atoms with Crippen LogP contribution in [0.1, 0.15) is 36.6 Å². The third-order valence-corrected chi connectivity index (χ3v) is 7.69. The molecule has 0 radical (unpaired) electrons. The largest absolute Gasteiger partial charge is 0.490 e. The number of halogens is 3. The lowest BCUT2D eigenvalue weighted by Gasteiger charge is -2.28. The molecule has 0 fully saturated rings. The number of carbonyl (C=O) groups is 2. The molecule has 3 aromatic carbocycles. The van der Waals surface area contributed by atoms with Crippen molar-refractivity contribution >= 4 is 56.7 Å². The van der Waals surface area contributed by atoms with Crippen molar-refractivity contribution in [3.8, 4) is 17.2 Å². The van der Waals surface area contributed by atoms with Crippen LogP contribution < -0.4 is 30.3 Å². The fourth-order valence-electron chi connectivity index (χ4n) is 4.38. The van der Waals surface area contributed by atoms with E-state index in [0.717, 1.165) is 13.6 Å². The van der Waals surface area contributed by atoms with Gasteiger partial charge < -0.3 is 34.7 Å². The Hall–Kier alpha value is -3.89. The molecule has 14 heteroatoms. The van der Waals surface area contributed by atoms with Crippen LogP contribution in [0.5, 0.6) is 17.2 Å². The van der Waals surface area contributed by atoms with Gasteiger partial charge in [0, 0.05) is 15.7 Å². The quantitative estimate of drug-likeness (QED) is 0.0602. The normalized spacial score (nSPS) is 15.3. The molecule has 2 atom stereocenters. The van der Waals surface area contributed by atoms with E-state index < -0.39 is 24.3 Å². The lowest BCUT2D eigenvalue weighted by molar-refractivity contribution is -0.136. The number of nitrogens with zero attached hydrogens (tertiary/aromatic N) is 1. The van der Waals surface area contributed by atoms with Crippen molar-refractivity contribution in [3.05, 3.63) is 96.4 Å². The van der Waals surface area contributed by atoms with Gasteiger partial charge in [-0.1, -0.05) is 34.1 Å². The number of methoxy groups -OCH3 is 1. The van der Waals surface area contributed by atoms with Gasteiger partial charge in [-0.2, -0.15) is 5.10 Å². The average Bonchev–Trinajstić information content (AvgIpc) is 3.00. The van der Waals surface area contributed by atoms with Crippen LogP contribution in [0.15, 0.2) is 75.4 Å². The van der Waals surface area contributed by atoms with Gasteiger partial charge in [0.2, 0.25) is 0 Å². The highest BCUT2D eigenvalue weighted by Crippen LogP contribution is 2.35. The first-order valence-electron chi connectivity index (χ1n) is 13.7. The zero-order valence-corrected chi connectivity index (χ0v) is 28.3. The maximum absolute atomic E-state index is 13.3. The topological polar surface area (TPSA) is 140 Å². The third-order valence-electron chi connectivity index (χ3n) is 6.43. The highest BCUT2D eigenvalue weighted by molar-refractivity contribution is 14.1. The molecule has 0 aliphatic carbocycles. The number of hydrazone groups is 1. The van der Waals surface area contributed by atoms with Gasteiger partial charge in [-0.25, -0.2) is 14.0 Å². The highest BCUT2D eigenvalue weighted by atomic mass is 127. The number of aliphatic hydroxyl groups is 1. The van der Waals surface area contributed by atoms with Gasteiger partial charge in [0.05, 0.1) is 35.1 Å². The Morgan fingerprint density at radius 2 is 1.91 bits per heavy atom. The van der Waals surface area contributed by atoms with Crippen molar-refractivity contribution in [2.45, 2.75) is 32.7 Å². The van der Waals surface area contributed by atoms with E-state index in [-0.39, 0.29) is 24.6 Å². The molecule has 0 saturated carbocycles. The van der Waals surface area contributed by atoms with Crippen molar-refractivity contribution in [3.63, 3.8) is 0 Å². The van der Waals surface area contributed by atoms with Crippen molar-refractivity contribution in [1.29, 1.82) is 0 Å². The van der Waals surface area contributed by atoms with Crippen LogP contribution in [-0.4, -0.2) is 49.9 Å². The Morgan fingerprint density at radius 3 is 2.62 bits per heavy atom. The maximum atomic E-state index is 13.3. The lowest BCUT2D eigenvalue weighted by atomic mass is 9.95. The number of hydrogen-bond acceptors (Lipinski definition) is 9. The van der Waals surface area contributed by atoms with Crippen molar-refractivity contribution in [2.24, 2.45) is 5.10 Å². The van der Waals surface area contributed by atoms with Gasteiger partial charge in [-0.3, -0.25) is 5.43 Å². The van der Waals surface area contributed by atoms with E-state index >= 15 is 0 Å². The molecule has 4 rings (SSSR count). The molecular weight excluding hydrogens is 766 g/mol. The number of urea groups is 1. The SMILES string of the molecule is CCOc1cc([C@H]2NC(=O)NC(C)=C2C(=O)OC)ccc1OC[C@@H](O)N/N=C/c1cc(Br)cc(I)c1OCc1ccc(F)cc1. The van der Waals surface area contributed by atoms with Gasteiger partial charge in [0.15, 0.2) is 17.7 Å². The predicted molar refractivity (Wildman–Crippen MR) is 177 cm³/mol. The van der Waals surface area contributed by atoms with Crippen molar-refractivity contribution in [2.75, 3.05) is 20.3 Å². The van der Waals surface area contributed by atoms with Crippen LogP contribution >= 0.6 is 38.5 Å². The number of esters is 1. The van der Waals surface area contributed by atoms with Crippen LogP contribution in [0, 0.1) is 9.39 Å². The summed E-state index contributed by atoms with van der Waals surface area (Å²) in [5.74, 6) is 0.364. The molecule has 0 unspecified atom stereocenters. The van der Waals surface area contributed by atoms with E-state index in [4.69, 9.17) is 18.9 Å². The van der Waals surface area contributed by atoms with Gasteiger partial charge in [-0.05, 0) is 84.0 Å². The third kappa shape index (κ3) is 9.08. The molecule has 0 bridgehead atoms. The average molecular weight is 797 g/mol. The van der Waals surface area contributed by atoms with E-state index in [1.807, 2.05) is 12.1 Å². The maximum Gasteiger partial charge on any atom is 0.337 e. The molecule has 4 N–H and O–H groups in total. The molecule has 238 valence electrons. The van der Waals surface area contributed by atoms with E-state index in [2.05, 4.69) is 59.7 Å². The number of hydrogen-bond donors (Lipinski definition) is 4. The second kappa shape index (κ2) is 15.9. The minimum atomic E-state index is -1.19. The first-order valence-corrected chi connectivity index (χ1v) is 15.6. The number of benzene rings is 3. The second-order valence-corrected chi connectivity index (χ2v) is 11.7. The smallest absolute Gasteiger partial charge is 0.337 e. The summed E-state index contributed by atoms with van der Waals surface area (Å²) in [6.07, 6.45) is 0.323. The first-order chi connectivity index (χ1) is 21.6. The molecule has 11 nitrogen and oxygen atoms in total. The number of ether oxygens (including phenoxy) is 4. The Kier molecular flexibility index (Phi) is 12.0. The first kappa shape index (κ1) is 34.0. The summed E-state index contributed by atoms with van der Waals surface area (Å²) in [6.45, 7) is 3.79. The number of carbonyl (C=O) groups excluding carboxylic acids is 2. The van der Waals surface area contributed by atoms with E-state index in [9.17, 15) is 19.1 Å². The summed E-state index contributed by atoms with van der Waals surface area (Å²) in [7, 11) is 1.27. The minimum absolute atomic E-state index is 0.183. The number of nitrogens with one attached hydrogen (secondary N) is 3. The van der Waals surface area contributed by atoms with Crippen LogP contribution in [-0.2, 0) is 16.1 Å². The zero-order valence-electron chi connectivity index (χ0n) is 24.5. The van der Waals surface area contributed by atoms with Crippen molar-refractivity contribution in [1.82, 2.24) is 16.1 Å². The van der Waals surface area contributed by atoms with Crippen LogP contribution in [0.2, 0.25) is 0 Å². The van der Waals surface area contributed by atoms with Gasteiger partial charge in [0.1, 0.15) is 24.8 Å². The van der Waals surface area contributed by atoms with E-state index in [1.165, 1.54) is 25.5 Å². The molecule has 1 aliphatic heterocycles. The van der Waals surface area contributed by atoms with Crippen molar-refractivity contribution < 1.29 is 38.0 Å². The molecule has 1 aliphatic rings. The zero-order chi connectivity index (χ0) is 32.5. The fourth-order valence-corrected chi connectivity index (χ4v) is 6.09. The molecule has 0 aromatic heterocycles. The van der Waals surface area contributed by atoms with E-state index in [0.29, 0.717) is 40.7 Å². The second-order valence-electron chi connectivity index (χ2n) is 9.64. The summed E-state index contributed by atoms with van der Waals surface area (Å²) in [6, 6.07) is 13.5. The molecule has 45 heavy (non-hydrogen) atoms. The standard InChI is InChI=1S/C31H31BrFIN4O7/c1-4-43-25-12-19(28-27(30(40)42-3)17(2)36-31(41)37-28)7-10-24(25)44-16-26(39)38-35-14-20-11-21(32)13-23(34)29(20)45-15-18-5-8-22(33)9-6-18/h5-14,26,28,38-39H,4,15-16H2,1-3H3,(H2,36,37,41)/b35-14+/t26-,28-/m1/s1. The molecular formula is C31H31BrFIN4O7. The Bertz CT molecular complexity index is 1600. The Labute approximate surface area is 281 Å². The Morgan fingerprint density at radius 1 is 1.16 bits per heavy atom. The summed E-state index contributed by atoms with van der Waals surface area (Å²) >= 11 is 5.63. The van der Waals surface area contributed by atoms with Crippen LogP contribution in [0.4, 0.5) is 9.18 Å². The number of amides is 2.